The fourth-order valence-corrected chi connectivity index (χ4v) is 3.25. The van der Waals surface area contributed by atoms with Crippen LogP contribution in [0.25, 0.3) is 0 Å². The van der Waals surface area contributed by atoms with Crippen LogP contribution < -0.4 is 5.32 Å². The van der Waals surface area contributed by atoms with Crippen molar-refractivity contribution in [3.05, 3.63) is 0 Å². The van der Waals surface area contributed by atoms with E-state index in [4.69, 9.17) is 4.74 Å². The Kier molecular flexibility index (Phi) is 5.75. The number of methoxy groups -OCH3 is 1. The summed E-state index contributed by atoms with van der Waals surface area (Å²) in [4.78, 5) is 2.56. The van der Waals surface area contributed by atoms with Gasteiger partial charge in [0.2, 0.25) is 0 Å². The first-order chi connectivity index (χ1) is 8.38. The lowest BCUT2D eigenvalue weighted by Crippen LogP contribution is -2.37. The first-order valence-corrected chi connectivity index (χ1v) is 7.30. The van der Waals surface area contributed by atoms with Crippen LogP contribution in [-0.4, -0.2) is 51.3 Å². The van der Waals surface area contributed by atoms with Crippen LogP contribution in [0.4, 0.5) is 0 Å². The summed E-state index contributed by atoms with van der Waals surface area (Å²) in [6.07, 6.45) is 7.12. The van der Waals surface area contributed by atoms with E-state index in [-0.39, 0.29) is 0 Å². The fraction of sp³-hybridized carbons (Fsp3) is 1.00. The molecule has 2 aliphatic heterocycles. The molecule has 0 bridgehead atoms. The predicted octanol–water partition coefficient (Wildman–Crippen LogP) is 1.73. The van der Waals surface area contributed by atoms with Crippen LogP contribution in [0.15, 0.2) is 0 Å². The van der Waals surface area contributed by atoms with Gasteiger partial charge in [-0.3, -0.25) is 0 Å². The normalized spacial score (nSPS) is 25.2. The molecular formula is C14H28N2O. The quantitative estimate of drug-likeness (QED) is 0.792. The van der Waals surface area contributed by atoms with E-state index in [1.54, 1.807) is 7.11 Å². The van der Waals surface area contributed by atoms with E-state index in [1.165, 1.54) is 58.3 Å². The number of ether oxygens (including phenoxy) is 1. The predicted molar refractivity (Wildman–Crippen MR) is 71.3 cm³/mol. The van der Waals surface area contributed by atoms with Crippen LogP contribution in [0.1, 0.15) is 32.1 Å². The lowest BCUT2D eigenvalue weighted by molar-refractivity contribution is 0.112. The molecule has 3 nitrogen and oxygen atoms in total. The summed E-state index contributed by atoms with van der Waals surface area (Å²) >= 11 is 0. The second-order valence-electron chi connectivity index (χ2n) is 5.71. The molecule has 0 saturated carbocycles. The molecule has 0 unspecified atom stereocenters. The monoisotopic (exact) mass is 240 g/mol. The molecule has 0 aromatic rings. The van der Waals surface area contributed by atoms with Gasteiger partial charge in [-0.25, -0.2) is 0 Å². The van der Waals surface area contributed by atoms with Crippen LogP contribution in [0.5, 0.6) is 0 Å². The van der Waals surface area contributed by atoms with Crippen LogP contribution in [0, 0.1) is 11.8 Å². The van der Waals surface area contributed by atoms with Crippen molar-refractivity contribution in [2.24, 2.45) is 11.8 Å². The zero-order valence-electron chi connectivity index (χ0n) is 11.3. The van der Waals surface area contributed by atoms with Crippen molar-refractivity contribution < 1.29 is 4.74 Å². The maximum Gasteiger partial charge on any atom is 0.0589 e. The Morgan fingerprint density at radius 3 is 2.35 bits per heavy atom. The van der Waals surface area contributed by atoms with Gasteiger partial charge < -0.3 is 15.0 Å². The third-order valence-electron chi connectivity index (χ3n) is 4.44. The summed E-state index contributed by atoms with van der Waals surface area (Å²) in [6, 6.07) is 0. The molecule has 2 rings (SSSR count). The summed E-state index contributed by atoms with van der Waals surface area (Å²) in [5.74, 6) is 2.00. The lowest BCUT2D eigenvalue weighted by atomic mass is 9.83. The molecule has 2 aliphatic rings. The highest BCUT2D eigenvalue weighted by Crippen LogP contribution is 2.28. The van der Waals surface area contributed by atoms with Crippen molar-refractivity contribution in [3.8, 4) is 0 Å². The molecule has 2 heterocycles. The van der Waals surface area contributed by atoms with Gasteiger partial charge in [-0.2, -0.15) is 0 Å². The summed E-state index contributed by atoms with van der Waals surface area (Å²) in [6.45, 7) is 7.09. The molecule has 2 saturated heterocycles. The summed E-state index contributed by atoms with van der Waals surface area (Å²) in [5.41, 5.74) is 0. The number of hydrogen-bond donors (Lipinski definition) is 1. The highest BCUT2D eigenvalue weighted by molar-refractivity contribution is 4.77. The SMILES string of the molecule is COCCN1CCC(CC2CCNCC2)CC1. The van der Waals surface area contributed by atoms with Gasteiger partial charge in [0, 0.05) is 13.7 Å². The maximum atomic E-state index is 5.14. The van der Waals surface area contributed by atoms with Crippen LogP contribution in [0.2, 0.25) is 0 Å². The molecule has 0 amide bonds. The Balaban J connectivity index is 1.61. The average molecular weight is 240 g/mol. The van der Waals surface area contributed by atoms with E-state index < -0.39 is 0 Å². The summed E-state index contributed by atoms with van der Waals surface area (Å²) in [5, 5.41) is 3.46. The lowest BCUT2D eigenvalue weighted by Gasteiger charge is -2.34. The molecule has 3 heteroatoms. The van der Waals surface area contributed by atoms with E-state index in [0.29, 0.717) is 0 Å². The minimum atomic E-state index is 0.888. The topological polar surface area (TPSA) is 24.5 Å². The van der Waals surface area contributed by atoms with E-state index in [9.17, 15) is 0 Å². The van der Waals surface area contributed by atoms with Crippen molar-refractivity contribution in [2.45, 2.75) is 32.1 Å². The number of rotatable bonds is 5. The number of hydrogen-bond acceptors (Lipinski definition) is 3. The Morgan fingerprint density at radius 1 is 1.06 bits per heavy atom. The Hall–Kier alpha value is -0.120. The van der Waals surface area contributed by atoms with Gasteiger partial charge in [0.1, 0.15) is 0 Å². The van der Waals surface area contributed by atoms with E-state index in [1.807, 2.05) is 0 Å². The number of likely N-dealkylation sites (tertiary alicyclic amines) is 1. The summed E-state index contributed by atoms with van der Waals surface area (Å²) in [7, 11) is 1.80. The van der Waals surface area contributed by atoms with Crippen LogP contribution in [0.3, 0.4) is 0 Å². The molecule has 0 aliphatic carbocycles. The summed E-state index contributed by atoms with van der Waals surface area (Å²) < 4.78 is 5.14. The van der Waals surface area contributed by atoms with Crippen molar-refractivity contribution in [1.29, 1.82) is 0 Å². The zero-order chi connectivity index (χ0) is 11.9. The van der Waals surface area contributed by atoms with Gasteiger partial charge in [0.25, 0.3) is 0 Å². The molecule has 17 heavy (non-hydrogen) atoms. The molecule has 2 fully saturated rings. The van der Waals surface area contributed by atoms with Gasteiger partial charge in [0.15, 0.2) is 0 Å². The van der Waals surface area contributed by atoms with Crippen LogP contribution >= 0.6 is 0 Å². The van der Waals surface area contributed by atoms with Crippen molar-refractivity contribution in [1.82, 2.24) is 10.2 Å². The van der Waals surface area contributed by atoms with E-state index in [0.717, 1.165) is 25.0 Å². The van der Waals surface area contributed by atoms with Gasteiger partial charge in [0.05, 0.1) is 6.61 Å². The average Bonchev–Trinajstić information content (AvgIpc) is 2.39. The largest absolute Gasteiger partial charge is 0.383 e. The fourth-order valence-electron chi connectivity index (χ4n) is 3.25. The standard InChI is InChI=1S/C14H28N2O/c1-17-11-10-16-8-4-14(5-9-16)12-13-2-6-15-7-3-13/h13-15H,2-12H2,1H3. The number of nitrogens with zero attached hydrogens (tertiary/aromatic N) is 1. The maximum absolute atomic E-state index is 5.14. The first kappa shape index (κ1) is 13.3. The van der Waals surface area contributed by atoms with Gasteiger partial charge >= 0.3 is 0 Å². The Labute approximate surface area is 106 Å². The molecule has 100 valence electrons. The first-order valence-electron chi connectivity index (χ1n) is 7.30. The molecule has 0 aromatic heterocycles. The van der Waals surface area contributed by atoms with E-state index >= 15 is 0 Å². The molecular weight excluding hydrogens is 212 g/mol. The van der Waals surface area contributed by atoms with Crippen LogP contribution in [-0.2, 0) is 4.74 Å². The Bertz CT molecular complexity index is 196. The number of piperidine rings is 2. The second-order valence-corrected chi connectivity index (χ2v) is 5.71. The molecule has 0 radical (unpaired) electrons. The van der Waals surface area contributed by atoms with Crippen molar-refractivity contribution in [3.63, 3.8) is 0 Å². The molecule has 0 aromatic carbocycles. The third kappa shape index (κ3) is 4.57. The van der Waals surface area contributed by atoms with Gasteiger partial charge in [-0.1, -0.05) is 0 Å². The minimum Gasteiger partial charge on any atom is -0.383 e. The Morgan fingerprint density at radius 2 is 1.71 bits per heavy atom. The van der Waals surface area contributed by atoms with Gasteiger partial charge in [-0.05, 0) is 70.1 Å². The molecule has 0 atom stereocenters. The highest BCUT2D eigenvalue weighted by Gasteiger charge is 2.23. The second kappa shape index (κ2) is 7.34. The number of nitrogens with one attached hydrogen (secondary N) is 1. The zero-order valence-corrected chi connectivity index (χ0v) is 11.3. The van der Waals surface area contributed by atoms with Gasteiger partial charge in [-0.15, -0.1) is 0 Å². The smallest absolute Gasteiger partial charge is 0.0589 e. The third-order valence-corrected chi connectivity index (χ3v) is 4.44. The van der Waals surface area contributed by atoms with Crippen molar-refractivity contribution >= 4 is 0 Å². The molecule has 0 spiro atoms. The van der Waals surface area contributed by atoms with E-state index in [2.05, 4.69) is 10.2 Å². The molecule has 1 N–H and O–H groups in total. The van der Waals surface area contributed by atoms with Crippen molar-refractivity contribution in [2.75, 3.05) is 46.4 Å². The highest BCUT2D eigenvalue weighted by atomic mass is 16.5. The minimum absolute atomic E-state index is 0.888.